The summed E-state index contributed by atoms with van der Waals surface area (Å²) >= 11 is 0. The van der Waals surface area contributed by atoms with Crippen molar-refractivity contribution in [3.8, 4) is 17.9 Å². The number of rotatable bonds is 5. The van der Waals surface area contributed by atoms with Gasteiger partial charge in [-0.2, -0.15) is 10.5 Å². The van der Waals surface area contributed by atoms with Crippen molar-refractivity contribution >= 4 is 34.0 Å². The first-order valence-corrected chi connectivity index (χ1v) is 9.11. The van der Waals surface area contributed by atoms with E-state index in [1.165, 1.54) is 18.0 Å². The summed E-state index contributed by atoms with van der Waals surface area (Å²) < 4.78 is 6.72. The molecule has 31 heavy (non-hydrogen) atoms. The number of methoxy groups -OCH3 is 1. The highest BCUT2D eigenvalue weighted by Gasteiger charge is 2.16. The number of aromatic nitrogens is 4. The van der Waals surface area contributed by atoms with Crippen molar-refractivity contribution in [2.75, 3.05) is 17.7 Å². The third-order valence-corrected chi connectivity index (χ3v) is 4.57. The van der Waals surface area contributed by atoms with Crippen LogP contribution in [0.3, 0.4) is 0 Å². The second-order valence-corrected chi connectivity index (χ2v) is 6.55. The lowest BCUT2D eigenvalue weighted by Gasteiger charge is -2.14. The number of hydrogen-bond acceptors (Lipinski definition) is 8. The lowest BCUT2D eigenvalue weighted by molar-refractivity contribution is 0.415. The van der Waals surface area contributed by atoms with Gasteiger partial charge in [0, 0.05) is 19.3 Å². The number of nitriles is 2. The van der Waals surface area contributed by atoms with Crippen LogP contribution < -0.4 is 20.9 Å². The van der Waals surface area contributed by atoms with Gasteiger partial charge in [0.25, 0.3) is 5.56 Å². The van der Waals surface area contributed by atoms with E-state index in [9.17, 15) is 10.1 Å². The average Bonchev–Trinajstić information content (AvgIpc) is 3.07. The minimum Gasteiger partial charge on any atom is -0.493 e. The summed E-state index contributed by atoms with van der Waals surface area (Å²) in [6, 6.07) is 14.2. The van der Waals surface area contributed by atoms with Crippen LogP contribution in [0.25, 0.3) is 11.0 Å². The van der Waals surface area contributed by atoms with E-state index in [2.05, 4.69) is 31.8 Å². The zero-order valence-electron chi connectivity index (χ0n) is 16.6. The number of aryl methyl sites for hydroxylation is 1. The minimum absolute atomic E-state index is 0.261. The van der Waals surface area contributed by atoms with E-state index in [1.807, 2.05) is 6.07 Å². The second kappa shape index (κ2) is 7.89. The molecule has 3 N–H and O–H groups in total. The Morgan fingerprint density at radius 2 is 1.94 bits per heavy atom. The molecule has 0 radical (unpaired) electrons. The van der Waals surface area contributed by atoms with Crippen molar-refractivity contribution in [3.63, 3.8) is 0 Å². The summed E-state index contributed by atoms with van der Waals surface area (Å²) in [6.07, 6.45) is 1.45. The normalized spacial score (nSPS) is 10.3. The Hall–Kier alpha value is -4.83. The summed E-state index contributed by atoms with van der Waals surface area (Å²) in [7, 11) is 3.07. The van der Waals surface area contributed by atoms with E-state index in [4.69, 9.17) is 10.00 Å². The molecule has 4 aromatic rings. The summed E-state index contributed by atoms with van der Waals surface area (Å²) in [5, 5.41) is 27.8. The number of benzene rings is 1. The molecular weight excluding hydrogens is 396 g/mol. The van der Waals surface area contributed by atoms with Gasteiger partial charge in [0.1, 0.15) is 29.2 Å². The molecule has 0 aliphatic carbocycles. The molecule has 3 aromatic heterocycles. The van der Waals surface area contributed by atoms with Crippen molar-refractivity contribution in [2.24, 2.45) is 7.05 Å². The average molecular weight is 412 g/mol. The van der Waals surface area contributed by atoms with E-state index in [1.54, 1.807) is 43.4 Å². The molecule has 0 spiro atoms. The number of ether oxygens (including phenoxy) is 1. The molecule has 0 saturated carbocycles. The highest BCUT2D eigenvalue weighted by Crippen LogP contribution is 2.33. The number of nitrogens with one attached hydrogen (secondary N) is 3. The van der Waals surface area contributed by atoms with Gasteiger partial charge in [0.15, 0.2) is 11.4 Å². The maximum Gasteiger partial charge on any atom is 0.277 e. The molecule has 3 heterocycles. The highest BCUT2D eigenvalue weighted by atomic mass is 16.5. The Morgan fingerprint density at radius 1 is 1.10 bits per heavy atom. The number of fused-ring (bicyclic) bond motifs is 1. The first-order chi connectivity index (χ1) is 15.0. The molecule has 10 nitrogen and oxygen atoms in total. The number of aromatic amines is 1. The first-order valence-electron chi connectivity index (χ1n) is 9.11. The zero-order valence-corrected chi connectivity index (χ0v) is 16.6. The fourth-order valence-electron chi connectivity index (χ4n) is 3.14. The zero-order chi connectivity index (χ0) is 22.0. The maximum atomic E-state index is 12.7. The highest BCUT2D eigenvalue weighted by molar-refractivity contribution is 5.93. The maximum absolute atomic E-state index is 12.7. The van der Waals surface area contributed by atoms with Gasteiger partial charge in [0.05, 0.1) is 29.6 Å². The molecule has 0 bridgehead atoms. The summed E-state index contributed by atoms with van der Waals surface area (Å²) in [6.45, 7) is 0. The predicted molar refractivity (Wildman–Crippen MR) is 115 cm³/mol. The van der Waals surface area contributed by atoms with Gasteiger partial charge >= 0.3 is 0 Å². The van der Waals surface area contributed by atoms with Gasteiger partial charge < -0.3 is 15.4 Å². The van der Waals surface area contributed by atoms with Crippen LogP contribution in [0, 0.1) is 22.7 Å². The van der Waals surface area contributed by atoms with Crippen LogP contribution in [-0.4, -0.2) is 26.9 Å². The van der Waals surface area contributed by atoms with Crippen molar-refractivity contribution in [1.82, 2.24) is 19.7 Å². The lowest BCUT2D eigenvalue weighted by atomic mass is 10.1. The van der Waals surface area contributed by atoms with E-state index >= 15 is 0 Å². The van der Waals surface area contributed by atoms with Crippen molar-refractivity contribution in [3.05, 3.63) is 64.1 Å². The second-order valence-electron chi connectivity index (χ2n) is 6.55. The smallest absolute Gasteiger partial charge is 0.277 e. The van der Waals surface area contributed by atoms with Gasteiger partial charge in [-0.15, -0.1) is 0 Å². The van der Waals surface area contributed by atoms with Gasteiger partial charge in [-0.3, -0.25) is 14.6 Å². The molecule has 152 valence electrons. The standard InChI is InChI=1S/C21H16N8O2/c1-29-21(30)18-15(25-14-5-3-4-13(10-23)19(14)31-2)8-17(27-20(18)28-29)26-16-7-6-12(9-22)11-24-16/h3-8,11H,1-2H3,(H3,24,25,26,27,28). The number of pyridine rings is 2. The topological polar surface area (TPSA) is 144 Å². The Kier molecular flexibility index (Phi) is 4.96. The Morgan fingerprint density at radius 3 is 2.61 bits per heavy atom. The molecule has 0 aliphatic rings. The molecule has 1 aromatic carbocycles. The Balaban J connectivity index is 1.81. The van der Waals surface area contributed by atoms with Crippen LogP contribution >= 0.6 is 0 Å². The molecule has 0 unspecified atom stereocenters. The van der Waals surface area contributed by atoms with Crippen LogP contribution in [-0.2, 0) is 7.05 Å². The van der Waals surface area contributed by atoms with Crippen molar-refractivity contribution in [1.29, 1.82) is 10.5 Å². The van der Waals surface area contributed by atoms with E-state index < -0.39 is 0 Å². The van der Waals surface area contributed by atoms with Crippen LogP contribution in [0.4, 0.5) is 23.0 Å². The van der Waals surface area contributed by atoms with E-state index in [0.29, 0.717) is 50.9 Å². The van der Waals surface area contributed by atoms with Gasteiger partial charge in [-0.25, -0.2) is 9.97 Å². The number of H-pyrrole nitrogens is 1. The molecule has 0 aliphatic heterocycles. The fourth-order valence-corrected chi connectivity index (χ4v) is 3.14. The summed E-state index contributed by atoms with van der Waals surface area (Å²) in [5.74, 6) is 1.27. The number of nitrogens with zero attached hydrogens (tertiary/aromatic N) is 5. The number of anilines is 4. The van der Waals surface area contributed by atoms with Gasteiger partial charge in [-0.05, 0) is 24.3 Å². The molecule has 0 fully saturated rings. The first kappa shape index (κ1) is 19.5. The van der Waals surface area contributed by atoms with Crippen LogP contribution in [0.2, 0.25) is 0 Å². The van der Waals surface area contributed by atoms with Gasteiger partial charge in [0.2, 0.25) is 0 Å². The number of hydrogen-bond donors (Lipinski definition) is 3. The fraction of sp³-hybridized carbons (Fsp3) is 0.0952. The molecule has 0 atom stereocenters. The molecule has 0 saturated heterocycles. The lowest BCUT2D eigenvalue weighted by Crippen LogP contribution is -2.12. The Labute approximate surface area is 176 Å². The number of para-hydroxylation sites is 1. The van der Waals surface area contributed by atoms with Crippen molar-refractivity contribution < 1.29 is 4.74 Å². The SMILES string of the molecule is COc1c(C#N)cccc1Nc1cc(Nc2ccc(C#N)cn2)nc2[nH]n(C)c(=O)c12. The molecule has 10 heteroatoms. The van der Waals surface area contributed by atoms with Gasteiger partial charge in [-0.1, -0.05) is 6.07 Å². The third-order valence-electron chi connectivity index (χ3n) is 4.57. The third kappa shape index (κ3) is 3.61. The molecule has 4 rings (SSSR count). The predicted octanol–water partition coefficient (Wildman–Crippen LogP) is 2.90. The minimum atomic E-state index is -0.261. The van der Waals surface area contributed by atoms with Crippen molar-refractivity contribution in [2.45, 2.75) is 0 Å². The molecule has 0 amide bonds. The summed E-state index contributed by atoms with van der Waals surface area (Å²) in [5.41, 5.74) is 1.90. The summed E-state index contributed by atoms with van der Waals surface area (Å²) in [4.78, 5) is 21.3. The van der Waals surface area contributed by atoms with Crippen LogP contribution in [0.15, 0.2) is 47.4 Å². The Bertz CT molecular complexity index is 1420. The quantitative estimate of drug-likeness (QED) is 0.454. The molecular formula is C21H16N8O2. The van der Waals surface area contributed by atoms with E-state index in [-0.39, 0.29) is 5.56 Å². The van der Waals surface area contributed by atoms with Crippen LogP contribution in [0.5, 0.6) is 5.75 Å². The largest absolute Gasteiger partial charge is 0.493 e. The van der Waals surface area contributed by atoms with E-state index in [0.717, 1.165) is 0 Å². The van der Waals surface area contributed by atoms with Crippen LogP contribution in [0.1, 0.15) is 11.1 Å². The monoisotopic (exact) mass is 412 g/mol.